The molecule has 0 aliphatic carbocycles. The molecular formula is C22H28N4O4. The molecule has 1 N–H and O–H groups in total. The molecule has 1 aromatic heterocycles. The highest BCUT2D eigenvalue weighted by molar-refractivity contribution is 5.94. The molecule has 1 aliphatic rings. The van der Waals surface area contributed by atoms with Gasteiger partial charge in [-0.15, -0.1) is 0 Å². The Bertz CT molecular complexity index is 960. The maximum atomic E-state index is 12.6. The summed E-state index contributed by atoms with van der Waals surface area (Å²) >= 11 is 0. The molecule has 3 rings (SSSR count). The fraction of sp³-hybridized carbons (Fsp3) is 0.455. The molecule has 1 saturated heterocycles. The zero-order valence-electron chi connectivity index (χ0n) is 17.7. The molecule has 2 amide bonds. The number of hydrogen-bond donors (Lipinski definition) is 1. The van der Waals surface area contributed by atoms with Crippen molar-refractivity contribution >= 4 is 11.8 Å². The lowest BCUT2D eigenvalue weighted by molar-refractivity contribution is -0.126. The smallest absolute Gasteiger partial charge is 0.348 e. The second-order valence-electron chi connectivity index (χ2n) is 7.56. The Kier molecular flexibility index (Phi) is 6.87. The SMILES string of the molecule is COc1ccc(C(=O)N2CCC(C(=O)NCCn3c(C)cc(C)nc3=O)CC2)cc1. The van der Waals surface area contributed by atoms with Gasteiger partial charge in [-0.25, -0.2) is 4.79 Å². The van der Waals surface area contributed by atoms with Crippen LogP contribution >= 0.6 is 0 Å². The van der Waals surface area contributed by atoms with Gasteiger partial charge in [0.25, 0.3) is 5.91 Å². The van der Waals surface area contributed by atoms with E-state index in [0.717, 1.165) is 5.69 Å². The summed E-state index contributed by atoms with van der Waals surface area (Å²) in [5, 5.41) is 2.91. The van der Waals surface area contributed by atoms with Crippen LogP contribution < -0.4 is 15.7 Å². The first-order chi connectivity index (χ1) is 14.4. The van der Waals surface area contributed by atoms with Crippen LogP contribution in [0.4, 0.5) is 0 Å². The molecule has 1 fully saturated rings. The Morgan fingerprint density at radius 2 is 1.83 bits per heavy atom. The molecule has 1 aliphatic heterocycles. The van der Waals surface area contributed by atoms with E-state index in [0.29, 0.717) is 56.0 Å². The number of aromatic nitrogens is 2. The molecule has 8 heteroatoms. The van der Waals surface area contributed by atoms with Gasteiger partial charge < -0.3 is 15.0 Å². The minimum absolute atomic E-state index is 0.0294. The first-order valence-electron chi connectivity index (χ1n) is 10.1. The highest BCUT2D eigenvalue weighted by Gasteiger charge is 2.27. The average Bonchev–Trinajstić information content (AvgIpc) is 2.75. The Morgan fingerprint density at radius 1 is 1.17 bits per heavy atom. The van der Waals surface area contributed by atoms with Gasteiger partial charge in [-0.2, -0.15) is 4.98 Å². The van der Waals surface area contributed by atoms with E-state index in [-0.39, 0.29) is 23.4 Å². The van der Waals surface area contributed by atoms with E-state index in [1.54, 1.807) is 47.8 Å². The van der Waals surface area contributed by atoms with Gasteiger partial charge in [0.2, 0.25) is 5.91 Å². The van der Waals surface area contributed by atoms with Crippen molar-refractivity contribution in [3.8, 4) is 5.75 Å². The Hall–Kier alpha value is -3.16. The van der Waals surface area contributed by atoms with Gasteiger partial charge in [0.05, 0.1) is 7.11 Å². The number of hydrogen-bond acceptors (Lipinski definition) is 5. The molecule has 0 bridgehead atoms. The van der Waals surface area contributed by atoms with Gasteiger partial charge in [0.1, 0.15) is 5.75 Å². The summed E-state index contributed by atoms with van der Waals surface area (Å²) in [5.74, 6) is 0.523. The zero-order valence-corrected chi connectivity index (χ0v) is 17.7. The van der Waals surface area contributed by atoms with Crippen molar-refractivity contribution in [2.75, 3.05) is 26.7 Å². The largest absolute Gasteiger partial charge is 0.497 e. The molecule has 160 valence electrons. The number of amides is 2. The fourth-order valence-electron chi connectivity index (χ4n) is 3.74. The summed E-state index contributed by atoms with van der Waals surface area (Å²) in [7, 11) is 1.59. The van der Waals surface area contributed by atoms with E-state index in [1.165, 1.54) is 0 Å². The topological polar surface area (TPSA) is 93.5 Å². The van der Waals surface area contributed by atoms with Crippen molar-refractivity contribution in [2.24, 2.45) is 5.92 Å². The third kappa shape index (κ3) is 5.06. The molecule has 30 heavy (non-hydrogen) atoms. The van der Waals surface area contributed by atoms with Crippen LogP contribution in [-0.2, 0) is 11.3 Å². The molecule has 2 heterocycles. The summed E-state index contributed by atoms with van der Waals surface area (Å²) in [6.07, 6.45) is 1.25. The normalized spacial score (nSPS) is 14.4. The monoisotopic (exact) mass is 412 g/mol. The van der Waals surface area contributed by atoms with Gasteiger partial charge in [0, 0.05) is 49.0 Å². The van der Waals surface area contributed by atoms with Crippen molar-refractivity contribution in [1.29, 1.82) is 0 Å². The summed E-state index contributed by atoms with van der Waals surface area (Å²) in [5.41, 5.74) is 1.83. The Balaban J connectivity index is 1.47. The van der Waals surface area contributed by atoms with Crippen molar-refractivity contribution in [2.45, 2.75) is 33.2 Å². The first-order valence-corrected chi connectivity index (χ1v) is 10.1. The molecule has 2 aromatic rings. The van der Waals surface area contributed by atoms with E-state index in [4.69, 9.17) is 4.74 Å². The van der Waals surface area contributed by atoms with Gasteiger partial charge in [-0.3, -0.25) is 14.2 Å². The lowest BCUT2D eigenvalue weighted by Gasteiger charge is -2.31. The third-order valence-corrected chi connectivity index (χ3v) is 5.47. The maximum absolute atomic E-state index is 12.6. The highest BCUT2D eigenvalue weighted by Crippen LogP contribution is 2.20. The predicted octanol–water partition coefficient (Wildman–Crippen LogP) is 1.54. The van der Waals surface area contributed by atoms with Crippen LogP contribution in [0.25, 0.3) is 0 Å². The number of ether oxygens (including phenoxy) is 1. The first kappa shape index (κ1) is 21.5. The molecule has 1 aromatic carbocycles. The summed E-state index contributed by atoms with van der Waals surface area (Å²) < 4.78 is 6.68. The zero-order chi connectivity index (χ0) is 21.7. The quantitative estimate of drug-likeness (QED) is 0.777. The Labute approximate surface area is 175 Å². The molecule has 0 spiro atoms. The number of likely N-dealkylation sites (tertiary alicyclic amines) is 1. The maximum Gasteiger partial charge on any atom is 0.348 e. The van der Waals surface area contributed by atoms with E-state index >= 15 is 0 Å². The van der Waals surface area contributed by atoms with Crippen LogP contribution in [0.3, 0.4) is 0 Å². The molecule has 8 nitrogen and oxygen atoms in total. The lowest BCUT2D eigenvalue weighted by atomic mass is 9.95. The summed E-state index contributed by atoms with van der Waals surface area (Å²) in [6.45, 7) is 5.49. The number of carbonyl (C=O) groups is 2. The average molecular weight is 412 g/mol. The number of nitrogens with one attached hydrogen (secondary N) is 1. The number of piperidine rings is 1. The van der Waals surface area contributed by atoms with Gasteiger partial charge in [0.15, 0.2) is 0 Å². The number of methoxy groups -OCH3 is 1. The molecule has 0 atom stereocenters. The molecule has 0 radical (unpaired) electrons. The van der Waals surface area contributed by atoms with Gasteiger partial charge >= 0.3 is 5.69 Å². The van der Waals surface area contributed by atoms with E-state index in [1.807, 2.05) is 13.0 Å². The second kappa shape index (κ2) is 9.56. The lowest BCUT2D eigenvalue weighted by Crippen LogP contribution is -2.43. The van der Waals surface area contributed by atoms with Gasteiger partial charge in [-0.05, 0) is 57.0 Å². The van der Waals surface area contributed by atoms with Crippen molar-refractivity contribution in [3.05, 3.63) is 57.8 Å². The van der Waals surface area contributed by atoms with Crippen molar-refractivity contribution < 1.29 is 14.3 Å². The second-order valence-corrected chi connectivity index (χ2v) is 7.56. The van der Waals surface area contributed by atoms with E-state index in [2.05, 4.69) is 10.3 Å². The van der Waals surface area contributed by atoms with Crippen LogP contribution in [0.1, 0.15) is 34.6 Å². The number of nitrogens with zero attached hydrogens (tertiary/aromatic N) is 3. The number of carbonyl (C=O) groups excluding carboxylic acids is 2. The van der Waals surface area contributed by atoms with Crippen LogP contribution in [0.5, 0.6) is 5.75 Å². The van der Waals surface area contributed by atoms with Gasteiger partial charge in [-0.1, -0.05) is 0 Å². The minimum atomic E-state index is -0.299. The molecule has 0 saturated carbocycles. The summed E-state index contributed by atoms with van der Waals surface area (Å²) in [4.78, 5) is 42.8. The van der Waals surface area contributed by atoms with Crippen molar-refractivity contribution in [3.63, 3.8) is 0 Å². The van der Waals surface area contributed by atoms with Crippen molar-refractivity contribution in [1.82, 2.24) is 19.8 Å². The van der Waals surface area contributed by atoms with Crippen LogP contribution in [0, 0.1) is 19.8 Å². The number of aryl methyl sites for hydroxylation is 2. The third-order valence-electron chi connectivity index (χ3n) is 5.47. The van der Waals surface area contributed by atoms with Crippen LogP contribution in [-0.4, -0.2) is 53.0 Å². The highest BCUT2D eigenvalue weighted by atomic mass is 16.5. The number of rotatable bonds is 6. The molecule has 0 unspecified atom stereocenters. The van der Waals surface area contributed by atoms with Crippen LogP contribution in [0.15, 0.2) is 35.1 Å². The Morgan fingerprint density at radius 3 is 2.43 bits per heavy atom. The van der Waals surface area contributed by atoms with E-state index in [9.17, 15) is 14.4 Å². The van der Waals surface area contributed by atoms with E-state index < -0.39 is 0 Å². The fourth-order valence-corrected chi connectivity index (χ4v) is 3.74. The summed E-state index contributed by atoms with van der Waals surface area (Å²) in [6, 6.07) is 8.89. The predicted molar refractivity (Wildman–Crippen MR) is 113 cm³/mol. The number of benzene rings is 1. The van der Waals surface area contributed by atoms with Crippen LogP contribution in [0.2, 0.25) is 0 Å². The molecular weight excluding hydrogens is 384 g/mol. The standard InChI is InChI=1S/C22H28N4O4/c1-15-14-16(2)26(22(29)24-15)13-10-23-20(27)17-8-11-25(12-9-17)21(28)18-4-6-19(30-3)7-5-18/h4-7,14,17H,8-13H2,1-3H3,(H,23,27). The minimum Gasteiger partial charge on any atom is -0.497 e.